The minimum atomic E-state index is -0.480. The van der Waals surface area contributed by atoms with Crippen molar-refractivity contribution < 1.29 is 19.0 Å². The summed E-state index contributed by atoms with van der Waals surface area (Å²) in [4.78, 5) is 17.2. The van der Waals surface area contributed by atoms with Crippen LogP contribution in [0.15, 0.2) is 57.0 Å². The molecule has 2 aromatic rings. The number of benzene rings is 1. The molecule has 0 radical (unpaired) electrons. The summed E-state index contributed by atoms with van der Waals surface area (Å²) in [5.74, 6) is 0.963. The average Bonchev–Trinajstić information content (AvgIpc) is 3.23. The first-order chi connectivity index (χ1) is 12.5. The fourth-order valence-corrected chi connectivity index (χ4v) is 3.45. The smallest absolute Gasteiger partial charge is 0.363 e. The van der Waals surface area contributed by atoms with Gasteiger partial charge >= 0.3 is 5.97 Å². The van der Waals surface area contributed by atoms with Gasteiger partial charge in [0.15, 0.2) is 17.2 Å². The van der Waals surface area contributed by atoms with Gasteiger partial charge in [-0.2, -0.15) is 0 Å². The molecule has 0 bridgehead atoms. The first-order valence-corrected chi connectivity index (χ1v) is 9.36. The maximum Gasteiger partial charge on any atom is 0.363 e. The van der Waals surface area contributed by atoms with Gasteiger partial charge in [0.2, 0.25) is 5.90 Å². The Morgan fingerprint density at radius 2 is 2.27 bits per heavy atom. The second kappa shape index (κ2) is 7.88. The van der Waals surface area contributed by atoms with Crippen LogP contribution in [-0.4, -0.2) is 25.6 Å². The average molecular weight is 434 g/mol. The zero-order chi connectivity index (χ0) is 18.7. The lowest BCUT2D eigenvalue weighted by Crippen LogP contribution is -2.03. The Labute approximate surface area is 163 Å². The largest absolute Gasteiger partial charge is 0.493 e. The molecule has 1 aliphatic rings. The Balaban J connectivity index is 1.92. The number of carbonyl (C=O) groups excluding carboxylic acids is 1. The summed E-state index contributed by atoms with van der Waals surface area (Å²) in [7, 11) is 1.56. The van der Waals surface area contributed by atoms with Crippen molar-refractivity contribution >= 4 is 45.2 Å². The monoisotopic (exact) mass is 433 g/mol. The van der Waals surface area contributed by atoms with Crippen molar-refractivity contribution in [2.24, 2.45) is 4.99 Å². The Kier molecular flexibility index (Phi) is 5.58. The molecule has 0 saturated carbocycles. The van der Waals surface area contributed by atoms with E-state index in [1.807, 2.05) is 30.5 Å². The first kappa shape index (κ1) is 18.4. The minimum Gasteiger partial charge on any atom is -0.493 e. The van der Waals surface area contributed by atoms with Gasteiger partial charge in [0, 0.05) is 0 Å². The third-order valence-corrected chi connectivity index (χ3v) is 4.82. The third kappa shape index (κ3) is 4.05. The van der Waals surface area contributed by atoms with Gasteiger partial charge in [0.1, 0.15) is 6.61 Å². The van der Waals surface area contributed by atoms with Crippen LogP contribution in [0.25, 0.3) is 6.08 Å². The number of ether oxygens (including phenoxy) is 3. The molecule has 0 fully saturated rings. The lowest BCUT2D eigenvalue weighted by molar-refractivity contribution is -0.129. The number of hydrogen-bond donors (Lipinski definition) is 0. The van der Waals surface area contributed by atoms with E-state index in [1.54, 1.807) is 19.3 Å². The number of cyclic esters (lactones) is 1. The number of aliphatic imine (C=N–C) groups is 1. The number of rotatable bonds is 6. The molecule has 2 heterocycles. The van der Waals surface area contributed by atoms with Gasteiger partial charge in [-0.15, -0.1) is 11.3 Å². The number of carbonyl (C=O) groups is 1. The SMILES string of the molecule is C=C(C)COc1c(Br)cc(C=C2N=C(c3cccs3)OC2=O)cc1OC. The van der Waals surface area contributed by atoms with Crippen molar-refractivity contribution in [2.45, 2.75) is 6.92 Å². The van der Waals surface area contributed by atoms with Crippen LogP contribution >= 0.6 is 27.3 Å². The summed E-state index contributed by atoms with van der Waals surface area (Å²) in [5, 5.41) is 1.90. The van der Waals surface area contributed by atoms with Crippen LogP contribution in [0.2, 0.25) is 0 Å². The van der Waals surface area contributed by atoms with E-state index < -0.39 is 5.97 Å². The van der Waals surface area contributed by atoms with Crippen molar-refractivity contribution in [2.75, 3.05) is 13.7 Å². The molecule has 1 aromatic carbocycles. The van der Waals surface area contributed by atoms with Crippen LogP contribution in [0.4, 0.5) is 0 Å². The first-order valence-electron chi connectivity index (χ1n) is 7.69. The van der Waals surface area contributed by atoms with Gasteiger partial charge in [-0.25, -0.2) is 9.79 Å². The second-order valence-corrected chi connectivity index (χ2v) is 7.40. The Hall–Kier alpha value is -2.38. The van der Waals surface area contributed by atoms with Gasteiger partial charge in [-0.3, -0.25) is 0 Å². The summed E-state index contributed by atoms with van der Waals surface area (Å²) in [6.07, 6.45) is 1.65. The van der Waals surface area contributed by atoms with Crippen LogP contribution in [0.3, 0.4) is 0 Å². The zero-order valence-corrected chi connectivity index (χ0v) is 16.6. The van der Waals surface area contributed by atoms with Gasteiger partial charge in [-0.1, -0.05) is 12.6 Å². The van der Waals surface area contributed by atoms with E-state index in [0.29, 0.717) is 28.5 Å². The molecular weight excluding hydrogens is 418 g/mol. The molecule has 5 nitrogen and oxygen atoms in total. The van der Waals surface area contributed by atoms with Crippen LogP contribution < -0.4 is 9.47 Å². The fraction of sp³-hybridized carbons (Fsp3) is 0.158. The Morgan fingerprint density at radius 3 is 2.92 bits per heavy atom. The topological polar surface area (TPSA) is 57.1 Å². The van der Waals surface area contributed by atoms with E-state index in [1.165, 1.54) is 11.3 Å². The molecule has 1 aromatic heterocycles. The standard InChI is InChI=1S/C19H16BrNO4S/c1-11(2)10-24-17-13(20)7-12(9-15(17)23-3)8-14-19(22)25-18(21-14)16-5-4-6-26-16/h4-9H,1,10H2,2-3H3. The quantitative estimate of drug-likeness (QED) is 0.372. The molecule has 1 aliphatic heterocycles. The molecule has 134 valence electrons. The molecule has 0 unspecified atom stereocenters. The number of methoxy groups -OCH3 is 1. The number of hydrogen-bond acceptors (Lipinski definition) is 6. The second-order valence-electron chi connectivity index (χ2n) is 5.59. The molecule has 0 amide bonds. The highest BCUT2D eigenvalue weighted by Crippen LogP contribution is 2.37. The van der Waals surface area contributed by atoms with Crippen molar-refractivity contribution in [1.82, 2.24) is 0 Å². The summed E-state index contributed by atoms with van der Waals surface area (Å²) < 4.78 is 17.1. The summed E-state index contributed by atoms with van der Waals surface area (Å²) >= 11 is 4.94. The van der Waals surface area contributed by atoms with E-state index in [-0.39, 0.29) is 5.70 Å². The normalized spacial score (nSPS) is 15.0. The van der Waals surface area contributed by atoms with Crippen molar-refractivity contribution in [3.8, 4) is 11.5 Å². The van der Waals surface area contributed by atoms with Gasteiger partial charge in [-0.05, 0) is 63.6 Å². The molecule has 0 N–H and O–H groups in total. The summed E-state index contributed by atoms with van der Waals surface area (Å²) in [5.41, 5.74) is 1.87. The van der Waals surface area contributed by atoms with Crippen LogP contribution in [0, 0.1) is 0 Å². The van der Waals surface area contributed by atoms with E-state index >= 15 is 0 Å². The van der Waals surface area contributed by atoms with Crippen molar-refractivity contribution in [3.63, 3.8) is 0 Å². The number of nitrogens with zero attached hydrogens (tertiary/aromatic N) is 1. The Bertz CT molecular complexity index is 916. The number of halogens is 1. The number of thiophene rings is 1. The maximum atomic E-state index is 12.1. The lowest BCUT2D eigenvalue weighted by atomic mass is 10.1. The molecule has 0 saturated heterocycles. The van der Waals surface area contributed by atoms with Crippen molar-refractivity contribution in [1.29, 1.82) is 0 Å². The minimum absolute atomic E-state index is 0.234. The summed E-state index contributed by atoms with van der Waals surface area (Å²) in [6, 6.07) is 7.34. The van der Waals surface area contributed by atoms with E-state index in [4.69, 9.17) is 14.2 Å². The highest BCUT2D eigenvalue weighted by atomic mass is 79.9. The molecule has 0 spiro atoms. The zero-order valence-electron chi connectivity index (χ0n) is 14.2. The van der Waals surface area contributed by atoms with Crippen LogP contribution in [0.5, 0.6) is 11.5 Å². The Morgan fingerprint density at radius 1 is 1.46 bits per heavy atom. The van der Waals surface area contributed by atoms with Crippen molar-refractivity contribution in [3.05, 3.63) is 62.4 Å². The van der Waals surface area contributed by atoms with E-state index in [0.717, 1.165) is 16.0 Å². The molecule has 0 aliphatic carbocycles. The van der Waals surface area contributed by atoms with Gasteiger partial charge < -0.3 is 14.2 Å². The predicted molar refractivity (Wildman–Crippen MR) is 106 cm³/mol. The summed E-state index contributed by atoms with van der Waals surface area (Å²) in [6.45, 7) is 6.09. The lowest BCUT2D eigenvalue weighted by Gasteiger charge is -2.13. The molecular formula is C19H16BrNO4S. The maximum absolute atomic E-state index is 12.1. The van der Waals surface area contributed by atoms with Gasteiger partial charge in [0.05, 0.1) is 16.5 Å². The highest BCUT2D eigenvalue weighted by Gasteiger charge is 2.25. The molecule has 26 heavy (non-hydrogen) atoms. The number of esters is 1. The van der Waals surface area contributed by atoms with E-state index in [2.05, 4.69) is 27.5 Å². The van der Waals surface area contributed by atoms with Crippen LogP contribution in [0.1, 0.15) is 17.4 Å². The highest BCUT2D eigenvalue weighted by molar-refractivity contribution is 9.10. The molecule has 3 rings (SSSR count). The third-order valence-electron chi connectivity index (χ3n) is 3.37. The van der Waals surface area contributed by atoms with E-state index in [9.17, 15) is 4.79 Å². The van der Waals surface area contributed by atoms with Crippen LogP contribution in [-0.2, 0) is 9.53 Å². The predicted octanol–water partition coefficient (Wildman–Crippen LogP) is 4.82. The molecule has 0 atom stereocenters. The molecule has 7 heteroatoms. The van der Waals surface area contributed by atoms with Gasteiger partial charge in [0.25, 0.3) is 0 Å². The fourth-order valence-electron chi connectivity index (χ4n) is 2.23.